The summed E-state index contributed by atoms with van der Waals surface area (Å²) in [5, 5.41) is 0. The van der Waals surface area contributed by atoms with Crippen molar-refractivity contribution in [2.75, 3.05) is 4.72 Å². The number of nitrogens with one attached hydrogen (secondary N) is 1. The predicted molar refractivity (Wildman–Crippen MR) is 130 cm³/mol. The molecule has 0 radical (unpaired) electrons. The second-order valence-corrected chi connectivity index (χ2v) is 10.3. The van der Waals surface area contributed by atoms with Gasteiger partial charge in [-0.15, -0.1) is 0 Å². The quantitative estimate of drug-likeness (QED) is 0.517. The molecule has 7 nitrogen and oxygen atoms in total. The zero-order valence-electron chi connectivity index (χ0n) is 18.3. The van der Waals surface area contributed by atoms with Crippen LogP contribution in [0.4, 0.5) is 5.69 Å². The fourth-order valence-electron chi connectivity index (χ4n) is 4.08. The third-order valence-corrected chi connectivity index (χ3v) is 7.47. The van der Waals surface area contributed by atoms with E-state index in [-0.39, 0.29) is 22.2 Å². The van der Waals surface area contributed by atoms with Crippen LogP contribution in [0.2, 0.25) is 0 Å². The molecule has 1 fully saturated rings. The van der Waals surface area contributed by atoms with Crippen molar-refractivity contribution in [2.45, 2.75) is 30.6 Å². The number of anilines is 1. The van der Waals surface area contributed by atoms with Gasteiger partial charge in [-0.3, -0.25) is 19.3 Å². The maximum Gasteiger partial charge on any atom is 0.261 e. The Morgan fingerprint density at radius 2 is 1.74 bits per heavy atom. The number of allylic oxidation sites excluding steroid dienone is 1. The normalized spacial score (nSPS) is 14.6. The van der Waals surface area contributed by atoms with Gasteiger partial charge in [0.05, 0.1) is 10.6 Å². The molecule has 3 N–H and O–H groups in total. The van der Waals surface area contributed by atoms with Crippen molar-refractivity contribution in [3.63, 3.8) is 0 Å². The summed E-state index contributed by atoms with van der Waals surface area (Å²) in [5.41, 5.74) is 10.5. The standard InChI is InChI=1S/C26H23N3O4S/c27-26(31)18-8-12-21(13-9-18)34(32,33)29-19-10-6-16(7-11-19)23-14-20(15-25(30)17-4-5-17)28-24-3-1-2-22(23)24/h1-2,6-14,17,29H,3-5,15H2,(H2,27,31). The van der Waals surface area contributed by atoms with Gasteiger partial charge in [0.2, 0.25) is 5.91 Å². The van der Waals surface area contributed by atoms with E-state index in [1.807, 2.05) is 24.3 Å². The maximum absolute atomic E-state index is 12.7. The Hall–Kier alpha value is -3.78. The lowest BCUT2D eigenvalue weighted by atomic mass is 9.97. The summed E-state index contributed by atoms with van der Waals surface area (Å²) in [4.78, 5) is 28.3. The first kappa shape index (κ1) is 22.0. The lowest BCUT2D eigenvalue weighted by Crippen LogP contribution is -2.14. The van der Waals surface area contributed by atoms with Crippen LogP contribution in [0.25, 0.3) is 17.2 Å². The number of Topliss-reactive ketones (excluding diaryl/α,β-unsaturated/α-hetero) is 1. The van der Waals surface area contributed by atoms with Gasteiger partial charge in [0, 0.05) is 41.3 Å². The second kappa shape index (κ2) is 8.53. The number of primary amides is 1. The van der Waals surface area contributed by atoms with E-state index in [1.54, 1.807) is 12.1 Å². The van der Waals surface area contributed by atoms with Gasteiger partial charge in [-0.1, -0.05) is 24.3 Å². The summed E-state index contributed by atoms with van der Waals surface area (Å²) in [5.74, 6) is -0.182. The van der Waals surface area contributed by atoms with E-state index in [9.17, 15) is 18.0 Å². The maximum atomic E-state index is 12.7. The molecule has 3 aromatic rings. The number of nitrogens with two attached hydrogens (primary N) is 1. The molecule has 0 spiro atoms. The van der Waals surface area contributed by atoms with E-state index in [1.165, 1.54) is 24.3 Å². The molecule has 8 heteroatoms. The molecule has 5 rings (SSSR count). The summed E-state index contributed by atoms with van der Waals surface area (Å²) in [7, 11) is -3.83. The first-order valence-electron chi connectivity index (χ1n) is 11.1. The van der Waals surface area contributed by atoms with Crippen molar-refractivity contribution in [1.82, 2.24) is 4.98 Å². The Kier molecular flexibility index (Phi) is 5.53. The van der Waals surface area contributed by atoms with Crippen LogP contribution in [0.15, 0.2) is 65.6 Å². The van der Waals surface area contributed by atoms with E-state index in [0.29, 0.717) is 12.1 Å². The number of carbonyl (C=O) groups excluding carboxylic acids is 2. The molecule has 0 atom stereocenters. The molecule has 34 heavy (non-hydrogen) atoms. The van der Waals surface area contributed by atoms with Crippen LogP contribution in [0.5, 0.6) is 0 Å². The molecule has 172 valence electrons. The lowest BCUT2D eigenvalue weighted by molar-refractivity contribution is -0.119. The van der Waals surface area contributed by atoms with Crippen molar-refractivity contribution in [1.29, 1.82) is 0 Å². The number of sulfonamides is 1. The first-order chi connectivity index (χ1) is 16.3. The molecule has 0 aliphatic heterocycles. The van der Waals surface area contributed by atoms with E-state index in [0.717, 1.165) is 47.3 Å². The average Bonchev–Trinajstić information content (AvgIpc) is 3.57. The third-order valence-electron chi connectivity index (χ3n) is 6.07. The van der Waals surface area contributed by atoms with Crippen molar-refractivity contribution in [3.8, 4) is 11.1 Å². The zero-order valence-corrected chi connectivity index (χ0v) is 19.1. The monoisotopic (exact) mass is 473 g/mol. The van der Waals surface area contributed by atoms with E-state index >= 15 is 0 Å². The molecule has 0 bridgehead atoms. The molecule has 1 heterocycles. The first-order valence-corrected chi connectivity index (χ1v) is 12.5. The number of ketones is 1. The highest BCUT2D eigenvalue weighted by molar-refractivity contribution is 7.92. The average molecular weight is 474 g/mol. The number of pyridine rings is 1. The Morgan fingerprint density at radius 3 is 2.38 bits per heavy atom. The molecule has 2 aliphatic carbocycles. The Bertz CT molecular complexity index is 1420. The summed E-state index contributed by atoms with van der Waals surface area (Å²) in [6.07, 6.45) is 7.13. The number of fused-ring (bicyclic) bond motifs is 1. The number of rotatable bonds is 8. The fraction of sp³-hybridized carbons (Fsp3) is 0.192. The Labute approximate surface area is 197 Å². The summed E-state index contributed by atoms with van der Waals surface area (Å²) in [6, 6.07) is 14.5. The van der Waals surface area contributed by atoms with E-state index in [2.05, 4.69) is 10.8 Å². The molecule has 0 saturated heterocycles. The third kappa shape index (κ3) is 4.49. The summed E-state index contributed by atoms with van der Waals surface area (Å²) < 4.78 is 28.0. The van der Waals surface area contributed by atoms with Crippen LogP contribution in [0, 0.1) is 5.92 Å². The number of nitrogens with zero attached hydrogens (tertiary/aromatic N) is 1. The summed E-state index contributed by atoms with van der Waals surface area (Å²) >= 11 is 0. The van der Waals surface area contributed by atoms with Crippen molar-refractivity contribution in [3.05, 3.63) is 83.2 Å². The van der Waals surface area contributed by atoms with Crippen molar-refractivity contribution in [2.24, 2.45) is 11.7 Å². The van der Waals surface area contributed by atoms with Crippen LogP contribution in [-0.2, 0) is 27.7 Å². The molecular formula is C26H23N3O4S. The highest BCUT2D eigenvalue weighted by atomic mass is 32.2. The molecule has 1 saturated carbocycles. The van der Waals surface area contributed by atoms with Gasteiger partial charge in [0.1, 0.15) is 5.78 Å². The lowest BCUT2D eigenvalue weighted by Gasteiger charge is -2.13. The van der Waals surface area contributed by atoms with Gasteiger partial charge in [0.25, 0.3) is 10.0 Å². The van der Waals surface area contributed by atoms with Crippen molar-refractivity contribution >= 4 is 33.5 Å². The number of benzene rings is 2. The molecular weight excluding hydrogens is 450 g/mol. The Balaban J connectivity index is 1.38. The highest BCUT2D eigenvalue weighted by Crippen LogP contribution is 2.34. The number of hydrogen-bond acceptors (Lipinski definition) is 5. The van der Waals surface area contributed by atoms with Crippen LogP contribution in [0.3, 0.4) is 0 Å². The van der Waals surface area contributed by atoms with Gasteiger partial charge in [0.15, 0.2) is 0 Å². The minimum absolute atomic E-state index is 0.0311. The SMILES string of the molecule is NC(=O)c1ccc(S(=O)(=O)Nc2ccc(-c3cc(CC(=O)C4CC4)nc4c3C=CC4)cc2)cc1. The molecule has 2 aromatic carbocycles. The van der Waals surface area contributed by atoms with Crippen molar-refractivity contribution < 1.29 is 18.0 Å². The van der Waals surface area contributed by atoms with Crippen LogP contribution >= 0.6 is 0 Å². The topological polar surface area (TPSA) is 119 Å². The van der Waals surface area contributed by atoms with Gasteiger partial charge in [-0.25, -0.2) is 8.42 Å². The minimum atomic E-state index is -3.83. The number of hydrogen-bond donors (Lipinski definition) is 2. The second-order valence-electron chi connectivity index (χ2n) is 8.62. The molecule has 1 amide bonds. The predicted octanol–water partition coefficient (Wildman–Crippen LogP) is 3.74. The number of carbonyl (C=O) groups is 2. The fourth-order valence-corrected chi connectivity index (χ4v) is 5.14. The van der Waals surface area contributed by atoms with E-state index in [4.69, 9.17) is 10.7 Å². The smallest absolute Gasteiger partial charge is 0.261 e. The van der Waals surface area contributed by atoms with Crippen LogP contribution < -0.4 is 10.5 Å². The highest BCUT2D eigenvalue weighted by Gasteiger charge is 2.30. The Morgan fingerprint density at radius 1 is 1.03 bits per heavy atom. The zero-order chi connectivity index (χ0) is 23.9. The molecule has 1 aromatic heterocycles. The molecule has 2 aliphatic rings. The number of amides is 1. The number of aromatic nitrogens is 1. The van der Waals surface area contributed by atoms with Gasteiger partial charge >= 0.3 is 0 Å². The van der Waals surface area contributed by atoms with Crippen LogP contribution in [0.1, 0.15) is 40.2 Å². The van der Waals surface area contributed by atoms with Crippen LogP contribution in [-0.4, -0.2) is 25.1 Å². The van der Waals surface area contributed by atoms with Gasteiger partial charge in [-0.2, -0.15) is 0 Å². The molecule has 0 unspecified atom stereocenters. The van der Waals surface area contributed by atoms with Gasteiger partial charge in [-0.05, 0) is 66.4 Å². The minimum Gasteiger partial charge on any atom is -0.366 e. The summed E-state index contributed by atoms with van der Waals surface area (Å²) in [6.45, 7) is 0. The van der Waals surface area contributed by atoms with E-state index < -0.39 is 15.9 Å². The van der Waals surface area contributed by atoms with Gasteiger partial charge < -0.3 is 5.73 Å². The largest absolute Gasteiger partial charge is 0.366 e.